The van der Waals surface area contributed by atoms with Gasteiger partial charge in [0.15, 0.2) is 5.58 Å². The maximum absolute atomic E-state index is 6.79. The van der Waals surface area contributed by atoms with E-state index in [9.17, 15) is 0 Å². The highest BCUT2D eigenvalue weighted by molar-refractivity contribution is 6.21. The number of furan rings is 1. The van der Waals surface area contributed by atoms with Crippen LogP contribution in [-0.2, 0) is 0 Å². The van der Waals surface area contributed by atoms with Crippen molar-refractivity contribution in [3.8, 4) is 27.9 Å². The van der Waals surface area contributed by atoms with Crippen LogP contribution in [0.25, 0.3) is 71.7 Å². The molecule has 0 aliphatic heterocycles. The molecule has 0 spiro atoms. The van der Waals surface area contributed by atoms with Crippen LogP contribution in [0, 0.1) is 0 Å². The van der Waals surface area contributed by atoms with E-state index in [0.717, 1.165) is 55.7 Å². The molecule has 3 nitrogen and oxygen atoms in total. The third-order valence-electron chi connectivity index (χ3n) is 9.99. The summed E-state index contributed by atoms with van der Waals surface area (Å²) >= 11 is 0. The molecule has 0 saturated carbocycles. The third-order valence-corrected chi connectivity index (χ3v) is 9.99. The lowest BCUT2D eigenvalue weighted by molar-refractivity contribution is 0.671. The Kier molecular flexibility index (Phi) is 6.81. The first-order valence-electron chi connectivity index (χ1n) is 17.4. The second-order valence-electron chi connectivity index (χ2n) is 13.0. The molecule has 0 bridgehead atoms. The summed E-state index contributed by atoms with van der Waals surface area (Å²) in [5.74, 6) is 0. The molecule has 8 aromatic carbocycles. The highest BCUT2D eigenvalue weighted by Crippen LogP contribution is 2.43. The molecule has 0 amide bonds. The van der Waals surface area contributed by atoms with Gasteiger partial charge >= 0.3 is 0 Å². The van der Waals surface area contributed by atoms with E-state index in [1.54, 1.807) is 0 Å². The molecule has 2 aromatic heterocycles. The smallest absolute Gasteiger partial charge is 0.160 e. The molecule has 0 radical (unpaired) electrons. The Morgan fingerprint density at radius 3 is 1.51 bits per heavy atom. The Morgan fingerprint density at radius 1 is 0.373 bits per heavy atom. The fourth-order valence-corrected chi connectivity index (χ4v) is 7.57. The van der Waals surface area contributed by atoms with Crippen molar-refractivity contribution in [1.29, 1.82) is 0 Å². The van der Waals surface area contributed by atoms with Gasteiger partial charge in [0.2, 0.25) is 0 Å². The van der Waals surface area contributed by atoms with Crippen LogP contribution in [-0.4, -0.2) is 4.57 Å². The van der Waals surface area contributed by atoms with E-state index in [4.69, 9.17) is 4.42 Å². The zero-order chi connectivity index (χ0) is 33.7. The topological polar surface area (TPSA) is 21.3 Å². The molecule has 240 valence electrons. The SMILES string of the molecule is c1ccc(-c2ccc(N(c3ccc(-c4ccccc4)cc3)c3ccc4oc5c(ccc6c7ccccc7n(-c7ccccc7)c65)c4c3)cc2)cc1. The minimum atomic E-state index is 0.866. The molecule has 0 fully saturated rings. The molecular formula is C48H32N2O. The highest BCUT2D eigenvalue weighted by atomic mass is 16.3. The van der Waals surface area contributed by atoms with Gasteiger partial charge in [0, 0.05) is 44.3 Å². The molecule has 10 aromatic rings. The van der Waals surface area contributed by atoms with Gasteiger partial charge in [0.25, 0.3) is 0 Å². The highest BCUT2D eigenvalue weighted by Gasteiger charge is 2.20. The Bertz CT molecular complexity index is 2730. The Balaban J connectivity index is 1.16. The molecule has 0 atom stereocenters. The molecule has 0 aliphatic carbocycles. The number of anilines is 3. The molecule has 2 heterocycles. The second-order valence-corrected chi connectivity index (χ2v) is 13.0. The van der Waals surface area contributed by atoms with E-state index in [1.807, 2.05) is 0 Å². The summed E-state index contributed by atoms with van der Waals surface area (Å²) in [4.78, 5) is 2.33. The van der Waals surface area contributed by atoms with Crippen molar-refractivity contribution >= 4 is 60.8 Å². The molecule has 0 aliphatic rings. The molecule has 0 N–H and O–H groups in total. The van der Waals surface area contributed by atoms with Gasteiger partial charge in [-0.15, -0.1) is 0 Å². The lowest BCUT2D eigenvalue weighted by Crippen LogP contribution is -2.09. The Hall–Kier alpha value is -6.84. The van der Waals surface area contributed by atoms with Gasteiger partial charge in [-0.2, -0.15) is 0 Å². The second kappa shape index (κ2) is 11.9. The normalized spacial score (nSPS) is 11.5. The molecule has 0 unspecified atom stereocenters. The molecule has 10 rings (SSSR count). The van der Waals surface area contributed by atoms with Crippen molar-refractivity contribution in [1.82, 2.24) is 4.57 Å². The number of rotatable bonds is 6. The fraction of sp³-hybridized carbons (Fsp3) is 0. The maximum Gasteiger partial charge on any atom is 0.160 e. The number of hydrogen-bond acceptors (Lipinski definition) is 2. The largest absolute Gasteiger partial charge is 0.454 e. The average Bonchev–Trinajstić information content (AvgIpc) is 3.75. The van der Waals surface area contributed by atoms with Crippen LogP contribution in [0.1, 0.15) is 0 Å². The lowest BCUT2D eigenvalue weighted by Gasteiger charge is -2.26. The Labute approximate surface area is 295 Å². The van der Waals surface area contributed by atoms with Crippen LogP contribution in [0.2, 0.25) is 0 Å². The summed E-state index contributed by atoms with van der Waals surface area (Å²) in [5.41, 5.74) is 13.1. The average molecular weight is 653 g/mol. The van der Waals surface area contributed by atoms with E-state index in [0.29, 0.717) is 0 Å². The fourth-order valence-electron chi connectivity index (χ4n) is 7.57. The van der Waals surface area contributed by atoms with Crippen molar-refractivity contribution in [2.45, 2.75) is 0 Å². The van der Waals surface area contributed by atoms with Crippen LogP contribution in [0.5, 0.6) is 0 Å². The minimum Gasteiger partial charge on any atom is -0.454 e. The van der Waals surface area contributed by atoms with Crippen LogP contribution < -0.4 is 4.90 Å². The molecule has 51 heavy (non-hydrogen) atoms. The number of benzene rings is 8. The summed E-state index contributed by atoms with van der Waals surface area (Å²) in [6, 6.07) is 69.0. The zero-order valence-electron chi connectivity index (χ0n) is 27.8. The van der Waals surface area contributed by atoms with E-state index in [1.165, 1.54) is 33.0 Å². The van der Waals surface area contributed by atoms with Crippen LogP contribution in [0.3, 0.4) is 0 Å². The van der Waals surface area contributed by atoms with Crippen molar-refractivity contribution in [3.05, 3.63) is 194 Å². The number of fused-ring (bicyclic) bond motifs is 7. The van der Waals surface area contributed by atoms with Gasteiger partial charge in [0.05, 0.1) is 11.0 Å². The predicted octanol–water partition coefficient (Wildman–Crippen LogP) is 13.5. The summed E-state index contributed by atoms with van der Waals surface area (Å²) in [6.07, 6.45) is 0. The van der Waals surface area contributed by atoms with Crippen LogP contribution in [0.15, 0.2) is 199 Å². The van der Waals surface area contributed by atoms with E-state index in [-0.39, 0.29) is 0 Å². The monoisotopic (exact) mass is 652 g/mol. The lowest BCUT2D eigenvalue weighted by atomic mass is 10.0. The van der Waals surface area contributed by atoms with Gasteiger partial charge < -0.3 is 13.9 Å². The maximum atomic E-state index is 6.79. The van der Waals surface area contributed by atoms with Gasteiger partial charge in [0.1, 0.15) is 5.58 Å². The molecular weight excluding hydrogens is 621 g/mol. The van der Waals surface area contributed by atoms with Crippen molar-refractivity contribution in [3.63, 3.8) is 0 Å². The number of nitrogens with zero attached hydrogens (tertiary/aromatic N) is 2. The molecule has 3 heteroatoms. The first kappa shape index (κ1) is 29.1. The first-order valence-corrected chi connectivity index (χ1v) is 17.4. The van der Waals surface area contributed by atoms with Gasteiger partial charge in [-0.1, -0.05) is 127 Å². The van der Waals surface area contributed by atoms with Crippen molar-refractivity contribution in [2.24, 2.45) is 0 Å². The standard InChI is InChI=1S/C48H32N2O/c1-4-12-33(13-5-1)35-20-24-38(25-21-35)49(39-26-22-36(23-27-39)34-14-6-2-7-15-34)40-28-31-46-44(32-40)43-30-29-42-41-18-10-11-19-45(41)50(47(42)48(43)51-46)37-16-8-3-9-17-37/h1-32H. The van der Waals surface area contributed by atoms with Crippen molar-refractivity contribution < 1.29 is 4.42 Å². The van der Waals surface area contributed by atoms with E-state index < -0.39 is 0 Å². The summed E-state index contributed by atoms with van der Waals surface area (Å²) in [7, 11) is 0. The van der Waals surface area contributed by atoms with E-state index >= 15 is 0 Å². The van der Waals surface area contributed by atoms with E-state index in [2.05, 4.69) is 204 Å². The Morgan fingerprint density at radius 2 is 0.882 bits per heavy atom. The first-order chi connectivity index (χ1) is 25.3. The van der Waals surface area contributed by atoms with Gasteiger partial charge in [-0.3, -0.25) is 0 Å². The number of para-hydroxylation sites is 2. The van der Waals surface area contributed by atoms with Crippen molar-refractivity contribution in [2.75, 3.05) is 4.90 Å². The van der Waals surface area contributed by atoms with Crippen LogP contribution in [0.4, 0.5) is 17.1 Å². The van der Waals surface area contributed by atoms with Gasteiger partial charge in [-0.05, 0) is 89.0 Å². The quantitative estimate of drug-likeness (QED) is 0.178. The van der Waals surface area contributed by atoms with Crippen LogP contribution >= 0.6 is 0 Å². The summed E-state index contributed by atoms with van der Waals surface area (Å²) < 4.78 is 9.13. The zero-order valence-corrected chi connectivity index (χ0v) is 27.8. The summed E-state index contributed by atoms with van der Waals surface area (Å²) in [5, 5.41) is 4.57. The minimum absolute atomic E-state index is 0.866. The number of hydrogen-bond donors (Lipinski definition) is 0. The van der Waals surface area contributed by atoms with Gasteiger partial charge in [-0.25, -0.2) is 0 Å². The summed E-state index contributed by atoms with van der Waals surface area (Å²) in [6.45, 7) is 0. The predicted molar refractivity (Wildman–Crippen MR) is 214 cm³/mol. The third kappa shape index (κ3) is 4.90. The molecule has 0 saturated heterocycles. The number of aromatic nitrogens is 1.